The van der Waals surface area contributed by atoms with Gasteiger partial charge in [-0.15, -0.1) is 5.10 Å². The van der Waals surface area contributed by atoms with E-state index in [1.54, 1.807) is 16.8 Å². The molecule has 21 heavy (non-hydrogen) atoms. The highest BCUT2D eigenvalue weighted by atomic mass is 79.9. The summed E-state index contributed by atoms with van der Waals surface area (Å²) >= 11 is 3.13. The van der Waals surface area contributed by atoms with E-state index in [2.05, 4.69) is 31.5 Å². The van der Waals surface area contributed by atoms with Crippen molar-refractivity contribution in [1.29, 1.82) is 0 Å². The molecule has 1 aromatic carbocycles. The van der Waals surface area contributed by atoms with Gasteiger partial charge in [0.15, 0.2) is 5.82 Å². The number of aromatic nitrogens is 4. The van der Waals surface area contributed by atoms with Crippen molar-refractivity contribution in [3.8, 4) is 11.4 Å². The number of halogens is 2. The number of tetrazole rings is 1. The van der Waals surface area contributed by atoms with Crippen LogP contribution in [-0.2, 0) is 4.79 Å². The number of benzene rings is 1. The topological polar surface area (TPSA) is 80.9 Å². The Morgan fingerprint density at radius 2 is 2.29 bits per heavy atom. The summed E-state index contributed by atoms with van der Waals surface area (Å²) in [6.45, 7) is 0. The van der Waals surface area contributed by atoms with Gasteiger partial charge in [0, 0.05) is 5.56 Å². The number of aliphatic carboxylic acids is 1. The van der Waals surface area contributed by atoms with Crippen LogP contribution in [0.4, 0.5) is 4.39 Å². The molecule has 0 bridgehead atoms. The van der Waals surface area contributed by atoms with E-state index in [0.717, 1.165) is 12.8 Å². The van der Waals surface area contributed by atoms with Crippen LogP contribution in [0.5, 0.6) is 0 Å². The highest BCUT2D eigenvalue weighted by Gasteiger charge is 2.36. The fraction of sp³-hybridized carbons (Fsp3) is 0.385. The number of carboxylic acids is 1. The Hall–Kier alpha value is -1.83. The van der Waals surface area contributed by atoms with Gasteiger partial charge in [0.2, 0.25) is 0 Å². The Labute approximate surface area is 128 Å². The molecule has 1 heterocycles. The Kier molecular flexibility index (Phi) is 3.71. The number of nitrogens with zero attached hydrogens (tertiary/aromatic N) is 4. The highest BCUT2D eigenvalue weighted by molar-refractivity contribution is 9.10. The molecule has 0 radical (unpaired) electrons. The first-order valence-corrected chi connectivity index (χ1v) is 7.30. The molecule has 110 valence electrons. The van der Waals surface area contributed by atoms with Crippen LogP contribution in [0.3, 0.4) is 0 Å². The monoisotopic (exact) mass is 354 g/mol. The standard InChI is InChI=1S/C13H12BrFN4O2/c14-9-5-8(3-4-10(9)15)13-16-17-18-19(13)11(6-12(20)21)7-1-2-7/h3-5,7,11H,1-2,6H2,(H,20,21). The summed E-state index contributed by atoms with van der Waals surface area (Å²) in [5, 5.41) is 20.6. The van der Waals surface area contributed by atoms with Gasteiger partial charge in [0.25, 0.3) is 0 Å². The zero-order valence-electron chi connectivity index (χ0n) is 10.9. The normalized spacial score (nSPS) is 15.9. The van der Waals surface area contributed by atoms with Gasteiger partial charge < -0.3 is 5.11 Å². The first kappa shape index (κ1) is 14.1. The van der Waals surface area contributed by atoms with E-state index in [9.17, 15) is 9.18 Å². The van der Waals surface area contributed by atoms with Crippen LogP contribution in [0.2, 0.25) is 0 Å². The summed E-state index contributed by atoms with van der Waals surface area (Å²) in [4.78, 5) is 11.0. The van der Waals surface area contributed by atoms with E-state index in [4.69, 9.17) is 5.11 Å². The summed E-state index contributed by atoms with van der Waals surface area (Å²) in [6.07, 6.45) is 1.93. The average molecular weight is 355 g/mol. The van der Waals surface area contributed by atoms with Crippen LogP contribution < -0.4 is 0 Å². The fourth-order valence-electron chi connectivity index (χ4n) is 2.35. The summed E-state index contributed by atoms with van der Waals surface area (Å²) in [5.74, 6) is -0.517. The number of carbonyl (C=O) groups is 1. The number of carboxylic acid groups (broad SMARTS) is 1. The third kappa shape index (κ3) is 2.94. The molecule has 6 nitrogen and oxygen atoms in total. The van der Waals surface area contributed by atoms with Gasteiger partial charge in [-0.25, -0.2) is 9.07 Å². The van der Waals surface area contributed by atoms with Gasteiger partial charge in [-0.1, -0.05) is 0 Å². The van der Waals surface area contributed by atoms with Crippen molar-refractivity contribution in [2.24, 2.45) is 5.92 Å². The van der Waals surface area contributed by atoms with Gasteiger partial charge in [0.1, 0.15) is 5.82 Å². The highest BCUT2D eigenvalue weighted by Crippen LogP contribution is 2.42. The van der Waals surface area contributed by atoms with Crippen LogP contribution in [0, 0.1) is 11.7 Å². The molecule has 1 unspecified atom stereocenters. The predicted octanol–water partition coefficient (Wildman–Crippen LogP) is 2.67. The van der Waals surface area contributed by atoms with E-state index in [-0.39, 0.29) is 24.2 Å². The molecule has 1 N–H and O–H groups in total. The predicted molar refractivity (Wildman–Crippen MR) is 74.9 cm³/mol. The minimum atomic E-state index is -0.881. The first-order chi connectivity index (χ1) is 10.1. The maximum Gasteiger partial charge on any atom is 0.305 e. The summed E-state index contributed by atoms with van der Waals surface area (Å²) in [5.41, 5.74) is 0.643. The summed E-state index contributed by atoms with van der Waals surface area (Å²) in [6, 6.07) is 4.22. The minimum absolute atomic E-state index is 0.0227. The van der Waals surface area contributed by atoms with Gasteiger partial charge in [-0.05, 0) is 63.3 Å². The quantitative estimate of drug-likeness (QED) is 0.892. The Balaban J connectivity index is 1.98. The first-order valence-electron chi connectivity index (χ1n) is 6.51. The SMILES string of the molecule is O=C(O)CC(C1CC1)n1nnnc1-c1ccc(F)c(Br)c1. The Morgan fingerprint density at radius 1 is 1.52 bits per heavy atom. The average Bonchev–Trinajstić information content (AvgIpc) is 3.16. The lowest BCUT2D eigenvalue weighted by molar-refractivity contribution is -0.138. The molecule has 0 spiro atoms. The van der Waals surface area contributed by atoms with Gasteiger partial charge in [0.05, 0.1) is 16.9 Å². The minimum Gasteiger partial charge on any atom is -0.481 e. The largest absolute Gasteiger partial charge is 0.481 e. The number of rotatable bonds is 5. The molecule has 0 amide bonds. The van der Waals surface area contributed by atoms with Crippen LogP contribution in [-0.4, -0.2) is 31.3 Å². The summed E-state index contributed by atoms with van der Waals surface area (Å²) in [7, 11) is 0. The molecule has 1 atom stereocenters. The van der Waals surface area contributed by atoms with Crippen molar-refractivity contribution in [2.45, 2.75) is 25.3 Å². The maximum absolute atomic E-state index is 13.3. The second-order valence-electron chi connectivity index (χ2n) is 5.08. The van der Waals surface area contributed by atoms with Crippen molar-refractivity contribution < 1.29 is 14.3 Å². The van der Waals surface area contributed by atoms with Crippen molar-refractivity contribution in [1.82, 2.24) is 20.2 Å². The van der Waals surface area contributed by atoms with Crippen LogP contribution >= 0.6 is 15.9 Å². The summed E-state index contributed by atoms with van der Waals surface area (Å²) < 4.78 is 15.2. The molecule has 1 aromatic heterocycles. The molecule has 3 rings (SSSR count). The van der Waals surface area contributed by atoms with Gasteiger partial charge in [-0.3, -0.25) is 4.79 Å². The molecule has 1 saturated carbocycles. The zero-order valence-corrected chi connectivity index (χ0v) is 12.5. The molecule has 8 heteroatoms. The van der Waals surface area contributed by atoms with Crippen molar-refractivity contribution >= 4 is 21.9 Å². The van der Waals surface area contributed by atoms with E-state index >= 15 is 0 Å². The third-order valence-corrected chi connectivity index (χ3v) is 4.14. The zero-order chi connectivity index (χ0) is 15.0. The van der Waals surface area contributed by atoms with Crippen LogP contribution in [0.15, 0.2) is 22.7 Å². The molecular weight excluding hydrogens is 343 g/mol. The van der Waals surface area contributed by atoms with E-state index in [0.29, 0.717) is 15.9 Å². The molecule has 1 aliphatic carbocycles. The lowest BCUT2D eigenvalue weighted by atomic mass is 10.1. The molecular formula is C13H12BrFN4O2. The molecule has 2 aromatic rings. The van der Waals surface area contributed by atoms with Crippen LogP contribution in [0.25, 0.3) is 11.4 Å². The Morgan fingerprint density at radius 3 is 2.90 bits per heavy atom. The fourth-order valence-corrected chi connectivity index (χ4v) is 2.73. The lowest BCUT2D eigenvalue weighted by Gasteiger charge is -2.15. The van der Waals surface area contributed by atoms with E-state index in [1.807, 2.05) is 0 Å². The van der Waals surface area contributed by atoms with Crippen molar-refractivity contribution in [3.63, 3.8) is 0 Å². The van der Waals surface area contributed by atoms with Crippen molar-refractivity contribution in [3.05, 3.63) is 28.5 Å². The van der Waals surface area contributed by atoms with Gasteiger partial charge in [-0.2, -0.15) is 0 Å². The van der Waals surface area contributed by atoms with E-state index in [1.165, 1.54) is 6.07 Å². The molecule has 1 aliphatic rings. The number of hydrogen-bond donors (Lipinski definition) is 1. The van der Waals surface area contributed by atoms with Crippen LogP contribution in [0.1, 0.15) is 25.3 Å². The van der Waals surface area contributed by atoms with E-state index < -0.39 is 5.97 Å². The second-order valence-corrected chi connectivity index (χ2v) is 5.93. The molecule has 0 saturated heterocycles. The maximum atomic E-state index is 13.3. The second kappa shape index (κ2) is 5.51. The Bertz CT molecular complexity index is 687. The van der Waals surface area contributed by atoms with Gasteiger partial charge >= 0.3 is 5.97 Å². The molecule has 1 fully saturated rings. The number of hydrogen-bond acceptors (Lipinski definition) is 4. The third-order valence-electron chi connectivity index (χ3n) is 3.53. The van der Waals surface area contributed by atoms with Crippen molar-refractivity contribution in [2.75, 3.05) is 0 Å². The molecule has 0 aliphatic heterocycles. The smallest absolute Gasteiger partial charge is 0.305 e. The lowest BCUT2D eigenvalue weighted by Crippen LogP contribution is -2.18.